The first-order valence-electron chi connectivity index (χ1n) is 7.23. The number of hydrogen-bond donors (Lipinski definition) is 3. The number of nitrogens with one attached hydrogen (secondary N) is 3. The van der Waals surface area contributed by atoms with Crippen LogP contribution in [0.4, 0.5) is 5.69 Å². The number of amides is 1. The van der Waals surface area contributed by atoms with Crippen LogP contribution in [0.15, 0.2) is 24.3 Å². The zero-order chi connectivity index (χ0) is 14.7. The number of aromatic nitrogens is 3. The van der Waals surface area contributed by atoms with Gasteiger partial charge in [-0.2, -0.15) is 5.10 Å². The molecule has 1 saturated heterocycles. The van der Waals surface area contributed by atoms with Crippen molar-refractivity contribution in [2.45, 2.75) is 32.2 Å². The predicted octanol–water partition coefficient (Wildman–Crippen LogP) is 1.86. The summed E-state index contributed by atoms with van der Waals surface area (Å²) in [6.45, 7) is 2.88. The molecule has 2 heterocycles. The summed E-state index contributed by atoms with van der Waals surface area (Å²) in [5.41, 5.74) is 1.73. The van der Waals surface area contributed by atoms with E-state index in [0.717, 1.165) is 36.5 Å². The molecular weight excluding hydrogens is 266 g/mol. The molecule has 110 valence electrons. The number of benzene rings is 1. The fourth-order valence-electron chi connectivity index (χ4n) is 2.54. The Morgan fingerprint density at radius 3 is 2.81 bits per heavy atom. The molecule has 6 nitrogen and oxygen atoms in total. The molecule has 1 aromatic carbocycles. The molecule has 0 bridgehead atoms. The second-order valence-corrected chi connectivity index (χ2v) is 5.37. The third-order valence-electron chi connectivity index (χ3n) is 3.62. The molecule has 0 saturated carbocycles. The fraction of sp³-hybridized carbons (Fsp3) is 0.400. The van der Waals surface area contributed by atoms with Gasteiger partial charge in [0.25, 0.3) is 0 Å². The first kappa shape index (κ1) is 13.8. The van der Waals surface area contributed by atoms with Crippen molar-refractivity contribution in [3.05, 3.63) is 30.1 Å². The van der Waals surface area contributed by atoms with Gasteiger partial charge in [0.1, 0.15) is 5.82 Å². The Morgan fingerprint density at radius 1 is 1.38 bits per heavy atom. The fourth-order valence-corrected chi connectivity index (χ4v) is 2.54. The highest BCUT2D eigenvalue weighted by Crippen LogP contribution is 2.18. The van der Waals surface area contributed by atoms with Gasteiger partial charge in [-0.25, -0.2) is 4.98 Å². The highest BCUT2D eigenvalue weighted by molar-refractivity contribution is 5.91. The van der Waals surface area contributed by atoms with Gasteiger partial charge in [0.05, 0.1) is 0 Å². The van der Waals surface area contributed by atoms with Gasteiger partial charge in [0, 0.05) is 23.7 Å². The minimum absolute atomic E-state index is 0.0517. The third-order valence-corrected chi connectivity index (χ3v) is 3.62. The van der Waals surface area contributed by atoms with Gasteiger partial charge in [0.15, 0.2) is 5.82 Å². The van der Waals surface area contributed by atoms with Crippen molar-refractivity contribution in [3.63, 3.8) is 0 Å². The Kier molecular flexibility index (Phi) is 3.96. The Morgan fingerprint density at radius 2 is 2.19 bits per heavy atom. The van der Waals surface area contributed by atoms with Crippen LogP contribution in [0.3, 0.4) is 0 Å². The highest BCUT2D eigenvalue weighted by atomic mass is 16.1. The number of aromatic amines is 1. The smallest absolute Gasteiger partial charge is 0.225 e. The average molecular weight is 285 g/mol. The maximum atomic E-state index is 11.9. The molecule has 1 unspecified atom stereocenters. The van der Waals surface area contributed by atoms with E-state index in [1.54, 1.807) is 0 Å². The lowest BCUT2D eigenvalue weighted by atomic mass is 10.1. The van der Waals surface area contributed by atoms with E-state index in [0.29, 0.717) is 18.3 Å². The SMILES string of the molecule is Cc1nc(-c2ccc(NC(=O)CC3CCCN3)cc2)n[nH]1. The van der Waals surface area contributed by atoms with Gasteiger partial charge >= 0.3 is 0 Å². The normalized spacial score (nSPS) is 17.9. The molecule has 0 radical (unpaired) electrons. The van der Waals surface area contributed by atoms with Gasteiger partial charge in [-0.05, 0) is 50.6 Å². The summed E-state index contributed by atoms with van der Waals surface area (Å²) in [5.74, 6) is 1.50. The van der Waals surface area contributed by atoms with Crippen molar-refractivity contribution >= 4 is 11.6 Å². The summed E-state index contributed by atoms with van der Waals surface area (Å²) < 4.78 is 0. The van der Waals surface area contributed by atoms with E-state index < -0.39 is 0 Å². The summed E-state index contributed by atoms with van der Waals surface area (Å²) in [4.78, 5) is 16.2. The van der Waals surface area contributed by atoms with Gasteiger partial charge in [-0.15, -0.1) is 0 Å². The molecule has 21 heavy (non-hydrogen) atoms. The van der Waals surface area contributed by atoms with Crippen LogP contribution < -0.4 is 10.6 Å². The first-order chi connectivity index (χ1) is 10.2. The average Bonchev–Trinajstić information content (AvgIpc) is 3.11. The Hall–Kier alpha value is -2.21. The van der Waals surface area contributed by atoms with E-state index >= 15 is 0 Å². The molecule has 1 aromatic heterocycles. The third kappa shape index (κ3) is 3.46. The van der Waals surface area contributed by atoms with Crippen LogP contribution >= 0.6 is 0 Å². The van der Waals surface area contributed by atoms with Crippen LogP contribution in [0.5, 0.6) is 0 Å². The summed E-state index contributed by atoms with van der Waals surface area (Å²) in [5, 5.41) is 13.2. The number of carbonyl (C=O) groups is 1. The van der Waals surface area contributed by atoms with Gasteiger partial charge in [-0.3, -0.25) is 9.89 Å². The number of hydrogen-bond acceptors (Lipinski definition) is 4. The largest absolute Gasteiger partial charge is 0.326 e. The van der Waals surface area contributed by atoms with Crippen LogP contribution in [0, 0.1) is 6.92 Å². The number of rotatable bonds is 4. The summed E-state index contributed by atoms with van der Waals surface area (Å²) >= 11 is 0. The second kappa shape index (κ2) is 6.05. The lowest BCUT2D eigenvalue weighted by molar-refractivity contribution is -0.116. The van der Waals surface area contributed by atoms with Crippen molar-refractivity contribution in [1.29, 1.82) is 0 Å². The number of aryl methyl sites for hydroxylation is 1. The second-order valence-electron chi connectivity index (χ2n) is 5.37. The van der Waals surface area contributed by atoms with Gasteiger partial charge in [0.2, 0.25) is 5.91 Å². The van der Waals surface area contributed by atoms with Crippen molar-refractivity contribution in [2.75, 3.05) is 11.9 Å². The molecule has 2 aromatic rings. The molecule has 1 atom stereocenters. The topological polar surface area (TPSA) is 82.7 Å². The van der Waals surface area contributed by atoms with E-state index in [2.05, 4.69) is 25.8 Å². The zero-order valence-corrected chi connectivity index (χ0v) is 12.0. The Labute approximate surface area is 123 Å². The number of anilines is 1. The minimum atomic E-state index is 0.0517. The molecule has 3 N–H and O–H groups in total. The van der Waals surface area contributed by atoms with Crippen molar-refractivity contribution in [2.24, 2.45) is 0 Å². The van der Waals surface area contributed by atoms with Crippen molar-refractivity contribution in [1.82, 2.24) is 20.5 Å². The van der Waals surface area contributed by atoms with Gasteiger partial charge < -0.3 is 10.6 Å². The van der Waals surface area contributed by atoms with Crippen LogP contribution in [0.25, 0.3) is 11.4 Å². The summed E-state index contributed by atoms with van der Waals surface area (Å²) in [7, 11) is 0. The molecular formula is C15H19N5O. The van der Waals surface area contributed by atoms with E-state index in [4.69, 9.17) is 0 Å². The molecule has 0 spiro atoms. The number of carbonyl (C=O) groups excluding carboxylic acids is 1. The minimum Gasteiger partial charge on any atom is -0.326 e. The lowest BCUT2D eigenvalue weighted by Gasteiger charge is -2.10. The summed E-state index contributed by atoms with van der Waals surface area (Å²) in [6, 6.07) is 7.89. The highest BCUT2D eigenvalue weighted by Gasteiger charge is 2.17. The molecule has 0 aliphatic carbocycles. The van der Waals surface area contributed by atoms with E-state index in [9.17, 15) is 4.79 Å². The summed E-state index contributed by atoms with van der Waals surface area (Å²) in [6.07, 6.45) is 2.77. The van der Waals surface area contributed by atoms with Crippen LogP contribution in [-0.2, 0) is 4.79 Å². The molecule has 1 fully saturated rings. The quantitative estimate of drug-likeness (QED) is 0.800. The number of nitrogens with zero attached hydrogens (tertiary/aromatic N) is 2. The standard InChI is InChI=1S/C15H19N5O/c1-10-17-15(20-19-10)11-4-6-12(7-5-11)18-14(21)9-13-3-2-8-16-13/h4-7,13,16H,2-3,8-9H2,1H3,(H,18,21)(H,17,19,20). The predicted molar refractivity (Wildman–Crippen MR) is 80.8 cm³/mol. The Balaban J connectivity index is 1.60. The van der Waals surface area contributed by atoms with Gasteiger partial charge in [-0.1, -0.05) is 0 Å². The van der Waals surface area contributed by atoms with Crippen LogP contribution in [0.1, 0.15) is 25.1 Å². The molecule has 1 aliphatic rings. The number of H-pyrrole nitrogens is 1. The van der Waals surface area contributed by atoms with Crippen molar-refractivity contribution in [3.8, 4) is 11.4 Å². The van der Waals surface area contributed by atoms with E-state index in [-0.39, 0.29) is 5.91 Å². The maximum Gasteiger partial charge on any atom is 0.225 e. The maximum absolute atomic E-state index is 11.9. The van der Waals surface area contributed by atoms with E-state index in [1.165, 1.54) is 0 Å². The first-order valence-corrected chi connectivity index (χ1v) is 7.23. The molecule has 3 rings (SSSR count). The molecule has 1 amide bonds. The molecule has 1 aliphatic heterocycles. The van der Waals surface area contributed by atoms with Crippen molar-refractivity contribution < 1.29 is 4.79 Å². The lowest BCUT2D eigenvalue weighted by Crippen LogP contribution is -2.27. The van der Waals surface area contributed by atoms with E-state index in [1.807, 2.05) is 31.2 Å². The van der Waals surface area contributed by atoms with Crippen LogP contribution in [-0.4, -0.2) is 33.7 Å². The molecule has 6 heteroatoms. The van der Waals surface area contributed by atoms with Crippen LogP contribution in [0.2, 0.25) is 0 Å². The Bertz CT molecular complexity index is 613. The monoisotopic (exact) mass is 285 g/mol. The zero-order valence-electron chi connectivity index (χ0n) is 12.0.